The van der Waals surface area contributed by atoms with E-state index in [1.807, 2.05) is 43.8 Å². The fourth-order valence-corrected chi connectivity index (χ4v) is 4.22. The number of aryl methyl sites for hydroxylation is 2. The Bertz CT molecular complexity index is 977. The number of hydrogen-bond donors (Lipinski definition) is 1. The molecule has 6 heteroatoms. The van der Waals surface area contributed by atoms with Gasteiger partial charge in [0.2, 0.25) is 9.84 Å². The van der Waals surface area contributed by atoms with E-state index < -0.39 is 9.84 Å². The van der Waals surface area contributed by atoms with Crippen LogP contribution in [0.1, 0.15) is 11.1 Å². The van der Waals surface area contributed by atoms with Crippen molar-refractivity contribution in [3.05, 3.63) is 59.8 Å². The molecule has 0 amide bonds. The van der Waals surface area contributed by atoms with Crippen LogP contribution in [0, 0.1) is 6.92 Å². The molecule has 3 aromatic rings. The van der Waals surface area contributed by atoms with Crippen molar-refractivity contribution >= 4 is 33.1 Å². The van der Waals surface area contributed by atoms with E-state index in [0.717, 1.165) is 35.0 Å². The van der Waals surface area contributed by atoms with Crippen LogP contribution in [-0.4, -0.2) is 26.6 Å². The second-order valence-electron chi connectivity index (χ2n) is 6.11. The predicted molar refractivity (Wildman–Crippen MR) is 104 cm³/mol. The Morgan fingerprint density at radius 2 is 1.68 bits per heavy atom. The molecule has 0 spiro atoms. The van der Waals surface area contributed by atoms with E-state index in [2.05, 4.69) is 11.5 Å². The highest BCUT2D eigenvalue weighted by Crippen LogP contribution is 2.28. The summed E-state index contributed by atoms with van der Waals surface area (Å²) in [6.07, 6.45) is 2.94. The summed E-state index contributed by atoms with van der Waals surface area (Å²) in [7, 11) is 0.400. The van der Waals surface area contributed by atoms with Gasteiger partial charge in [0, 0.05) is 24.1 Å². The maximum Gasteiger partial charge on any atom is 0.206 e. The van der Waals surface area contributed by atoms with Gasteiger partial charge >= 0.3 is 0 Å². The Kier molecular flexibility index (Phi) is 5.93. The summed E-state index contributed by atoms with van der Waals surface area (Å²) < 4.78 is 27.8. The van der Waals surface area contributed by atoms with E-state index in [1.54, 1.807) is 24.3 Å². The first-order valence-corrected chi connectivity index (χ1v) is 9.46. The first kappa shape index (κ1) is 19.5. The lowest BCUT2D eigenvalue weighted by molar-refractivity contribution is 0.596. The van der Waals surface area contributed by atoms with Crippen molar-refractivity contribution in [3.8, 4) is 0 Å². The molecule has 0 unspecified atom stereocenters. The number of fused-ring (bicyclic) bond motifs is 1. The zero-order chi connectivity index (χ0) is 17.3. The van der Waals surface area contributed by atoms with Gasteiger partial charge < -0.3 is 9.88 Å². The molecule has 3 rings (SSSR count). The standard InChI is InChI=1S/C19H22N2O2S.ClH/c1-14-4-6-16(7-5-14)24(22,23)17-8-9-19-18(12-17)15(10-11-20-2)13-21(19)3;/h4-9,12-13,20H,10-11H2,1-3H3;1H. The maximum absolute atomic E-state index is 12.9. The SMILES string of the molecule is CNCCc1cn(C)c2ccc(S(=O)(=O)c3ccc(C)cc3)cc12.Cl. The lowest BCUT2D eigenvalue weighted by Gasteiger charge is -2.07. The summed E-state index contributed by atoms with van der Waals surface area (Å²) in [5.41, 5.74) is 3.24. The number of nitrogens with one attached hydrogen (secondary N) is 1. The Morgan fingerprint density at radius 1 is 1.04 bits per heavy atom. The molecular weight excluding hydrogens is 356 g/mol. The summed E-state index contributed by atoms with van der Waals surface area (Å²) in [6, 6.07) is 12.4. The molecule has 0 saturated heterocycles. The topological polar surface area (TPSA) is 51.1 Å². The van der Waals surface area contributed by atoms with E-state index >= 15 is 0 Å². The summed E-state index contributed by atoms with van der Waals surface area (Å²) >= 11 is 0. The number of likely N-dealkylation sites (N-methyl/N-ethyl adjacent to an activating group) is 1. The molecule has 1 aromatic heterocycles. The van der Waals surface area contributed by atoms with Crippen LogP contribution in [0.5, 0.6) is 0 Å². The van der Waals surface area contributed by atoms with Crippen LogP contribution in [0.4, 0.5) is 0 Å². The van der Waals surface area contributed by atoms with Crippen molar-refractivity contribution in [1.29, 1.82) is 0 Å². The monoisotopic (exact) mass is 378 g/mol. The maximum atomic E-state index is 12.9. The third-order valence-corrected chi connectivity index (χ3v) is 6.10. The number of benzene rings is 2. The van der Waals surface area contributed by atoms with Crippen LogP contribution in [0.15, 0.2) is 58.5 Å². The fourth-order valence-electron chi connectivity index (χ4n) is 2.93. The molecule has 0 radical (unpaired) electrons. The van der Waals surface area contributed by atoms with Gasteiger partial charge in [-0.05, 0) is 62.8 Å². The molecule has 0 fully saturated rings. The smallest absolute Gasteiger partial charge is 0.206 e. The minimum Gasteiger partial charge on any atom is -0.350 e. The quantitative estimate of drug-likeness (QED) is 0.739. The molecule has 25 heavy (non-hydrogen) atoms. The van der Waals surface area contributed by atoms with E-state index in [-0.39, 0.29) is 12.4 Å². The Balaban J connectivity index is 0.00000225. The summed E-state index contributed by atoms with van der Waals surface area (Å²) in [4.78, 5) is 0.677. The van der Waals surface area contributed by atoms with Crippen LogP contribution in [0.3, 0.4) is 0 Å². The van der Waals surface area contributed by atoms with Gasteiger partial charge in [0.15, 0.2) is 0 Å². The van der Waals surface area contributed by atoms with Crippen LogP contribution in [-0.2, 0) is 23.3 Å². The van der Waals surface area contributed by atoms with Crippen molar-refractivity contribution in [3.63, 3.8) is 0 Å². The fraction of sp³-hybridized carbons (Fsp3) is 0.263. The average Bonchev–Trinajstić information content (AvgIpc) is 2.89. The molecule has 4 nitrogen and oxygen atoms in total. The Morgan fingerprint density at radius 3 is 2.32 bits per heavy atom. The van der Waals surface area contributed by atoms with E-state index in [4.69, 9.17) is 0 Å². The van der Waals surface area contributed by atoms with Crippen molar-refractivity contribution in [2.24, 2.45) is 7.05 Å². The van der Waals surface area contributed by atoms with E-state index in [9.17, 15) is 8.42 Å². The van der Waals surface area contributed by atoms with Gasteiger partial charge in [-0.25, -0.2) is 8.42 Å². The lowest BCUT2D eigenvalue weighted by Crippen LogP contribution is -2.10. The highest BCUT2D eigenvalue weighted by Gasteiger charge is 2.19. The van der Waals surface area contributed by atoms with Crippen LogP contribution in [0.2, 0.25) is 0 Å². The molecule has 1 N–H and O–H groups in total. The number of hydrogen-bond acceptors (Lipinski definition) is 3. The zero-order valence-corrected chi connectivity index (χ0v) is 16.2. The second kappa shape index (κ2) is 7.60. The summed E-state index contributed by atoms with van der Waals surface area (Å²) in [5, 5.41) is 4.14. The number of nitrogens with zero attached hydrogens (tertiary/aromatic N) is 1. The first-order valence-electron chi connectivity index (χ1n) is 7.98. The Hall–Kier alpha value is -1.82. The van der Waals surface area contributed by atoms with E-state index in [0.29, 0.717) is 9.79 Å². The van der Waals surface area contributed by atoms with Gasteiger partial charge in [0.25, 0.3) is 0 Å². The third kappa shape index (κ3) is 3.73. The summed E-state index contributed by atoms with van der Waals surface area (Å²) in [5.74, 6) is 0. The molecular formula is C19H23ClN2O2S. The molecule has 1 heterocycles. The number of rotatable bonds is 5. The predicted octanol–water partition coefficient (Wildman–Crippen LogP) is 3.50. The van der Waals surface area contributed by atoms with Crippen LogP contribution < -0.4 is 5.32 Å². The molecule has 0 aliphatic rings. The van der Waals surface area contributed by atoms with E-state index in [1.165, 1.54) is 0 Å². The van der Waals surface area contributed by atoms with Crippen LogP contribution >= 0.6 is 12.4 Å². The zero-order valence-electron chi connectivity index (χ0n) is 14.6. The van der Waals surface area contributed by atoms with Gasteiger partial charge in [-0.1, -0.05) is 17.7 Å². The Labute approximate surface area is 155 Å². The summed E-state index contributed by atoms with van der Waals surface area (Å²) in [6.45, 7) is 2.80. The number of halogens is 1. The van der Waals surface area contributed by atoms with Crippen molar-refractivity contribution in [1.82, 2.24) is 9.88 Å². The molecule has 0 bridgehead atoms. The highest BCUT2D eigenvalue weighted by molar-refractivity contribution is 7.91. The third-order valence-electron chi connectivity index (χ3n) is 4.33. The molecule has 0 atom stereocenters. The van der Waals surface area contributed by atoms with Crippen molar-refractivity contribution in [2.75, 3.05) is 13.6 Å². The number of sulfone groups is 1. The van der Waals surface area contributed by atoms with Gasteiger partial charge in [-0.3, -0.25) is 0 Å². The normalized spacial score (nSPS) is 11.5. The van der Waals surface area contributed by atoms with Gasteiger partial charge in [-0.15, -0.1) is 12.4 Å². The van der Waals surface area contributed by atoms with Crippen molar-refractivity contribution < 1.29 is 8.42 Å². The molecule has 0 aliphatic heterocycles. The van der Waals surface area contributed by atoms with Crippen LogP contribution in [0.25, 0.3) is 10.9 Å². The lowest BCUT2D eigenvalue weighted by atomic mass is 10.1. The largest absolute Gasteiger partial charge is 0.350 e. The minimum absolute atomic E-state index is 0. The molecule has 0 saturated carbocycles. The van der Waals surface area contributed by atoms with Gasteiger partial charge in [0.1, 0.15) is 0 Å². The highest BCUT2D eigenvalue weighted by atomic mass is 35.5. The molecule has 134 valence electrons. The average molecular weight is 379 g/mol. The van der Waals surface area contributed by atoms with Gasteiger partial charge in [0.05, 0.1) is 9.79 Å². The second-order valence-corrected chi connectivity index (χ2v) is 8.06. The van der Waals surface area contributed by atoms with Crippen molar-refractivity contribution in [2.45, 2.75) is 23.1 Å². The minimum atomic E-state index is -3.50. The molecule has 0 aliphatic carbocycles. The molecule has 2 aromatic carbocycles. The van der Waals surface area contributed by atoms with Gasteiger partial charge in [-0.2, -0.15) is 0 Å². The first-order chi connectivity index (χ1) is 11.4. The number of aromatic nitrogens is 1.